The molecular formula is C22H17F3N2O3S. The third-order valence-electron chi connectivity index (χ3n) is 4.55. The molecule has 0 radical (unpaired) electrons. The zero-order valence-corrected chi connectivity index (χ0v) is 16.9. The SMILES string of the molecule is O=C(Cc1csc(-c2ccc(C(F)(F)F)cc2)n1)N(Cc1ccco1)Cc1ccco1. The van der Waals surface area contributed by atoms with Crippen molar-refractivity contribution >= 4 is 17.2 Å². The molecule has 1 amide bonds. The Morgan fingerprint density at radius 1 is 0.968 bits per heavy atom. The summed E-state index contributed by atoms with van der Waals surface area (Å²) in [6.07, 6.45) is -1.24. The van der Waals surface area contributed by atoms with Gasteiger partial charge in [0.25, 0.3) is 0 Å². The Labute approximate surface area is 179 Å². The molecular weight excluding hydrogens is 429 g/mol. The summed E-state index contributed by atoms with van der Waals surface area (Å²) in [5.41, 5.74) is 0.406. The van der Waals surface area contributed by atoms with E-state index in [0.29, 0.717) is 27.8 Å². The van der Waals surface area contributed by atoms with Crippen LogP contribution in [0, 0.1) is 0 Å². The zero-order chi connectivity index (χ0) is 21.8. The molecule has 3 heterocycles. The number of hydrogen-bond acceptors (Lipinski definition) is 5. The third kappa shape index (κ3) is 5.24. The molecule has 0 bridgehead atoms. The summed E-state index contributed by atoms with van der Waals surface area (Å²) in [6.45, 7) is 0.560. The number of thiazole rings is 1. The van der Waals surface area contributed by atoms with Crippen LogP contribution in [0.25, 0.3) is 10.6 Å². The second-order valence-corrected chi connectivity index (χ2v) is 7.66. The summed E-state index contributed by atoms with van der Waals surface area (Å²) in [5.74, 6) is 1.12. The van der Waals surface area contributed by atoms with Crippen molar-refractivity contribution in [2.45, 2.75) is 25.7 Å². The van der Waals surface area contributed by atoms with E-state index in [9.17, 15) is 18.0 Å². The van der Waals surface area contributed by atoms with E-state index >= 15 is 0 Å². The molecule has 9 heteroatoms. The highest BCUT2D eigenvalue weighted by Gasteiger charge is 2.30. The summed E-state index contributed by atoms with van der Waals surface area (Å²) in [7, 11) is 0. The van der Waals surface area contributed by atoms with Gasteiger partial charge in [-0.2, -0.15) is 13.2 Å². The van der Waals surface area contributed by atoms with Gasteiger partial charge in [-0.15, -0.1) is 11.3 Å². The van der Waals surface area contributed by atoms with E-state index in [2.05, 4.69) is 4.98 Å². The van der Waals surface area contributed by atoms with Crippen LogP contribution >= 0.6 is 11.3 Å². The van der Waals surface area contributed by atoms with Crippen LogP contribution in [0.3, 0.4) is 0 Å². The number of nitrogens with zero attached hydrogens (tertiary/aromatic N) is 2. The van der Waals surface area contributed by atoms with E-state index in [-0.39, 0.29) is 25.4 Å². The lowest BCUT2D eigenvalue weighted by atomic mass is 10.1. The van der Waals surface area contributed by atoms with Crippen LogP contribution in [-0.2, 0) is 30.5 Å². The minimum Gasteiger partial charge on any atom is -0.467 e. The molecule has 160 valence electrons. The molecule has 0 spiro atoms. The summed E-state index contributed by atoms with van der Waals surface area (Å²) in [6, 6.07) is 11.9. The van der Waals surface area contributed by atoms with Crippen LogP contribution in [-0.4, -0.2) is 15.8 Å². The summed E-state index contributed by atoms with van der Waals surface area (Å²) in [5, 5.41) is 2.29. The van der Waals surface area contributed by atoms with Gasteiger partial charge in [0.05, 0.1) is 43.3 Å². The molecule has 4 aromatic rings. The summed E-state index contributed by atoms with van der Waals surface area (Å²) >= 11 is 1.28. The Balaban J connectivity index is 1.47. The zero-order valence-electron chi connectivity index (χ0n) is 16.1. The average molecular weight is 446 g/mol. The fourth-order valence-electron chi connectivity index (χ4n) is 3.00. The van der Waals surface area contributed by atoms with Crippen molar-refractivity contribution < 1.29 is 26.8 Å². The molecule has 0 aliphatic heterocycles. The minimum absolute atomic E-state index is 0.0541. The van der Waals surface area contributed by atoms with Crippen molar-refractivity contribution in [2.24, 2.45) is 0 Å². The van der Waals surface area contributed by atoms with E-state index in [1.165, 1.54) is 23.5 Å². The van der Waals surface area contributed by atoms with E-state index < -0.39 is 11.7 Å². The first-order chi connectivity index (χ1) is 14.9. The minimum atomic E-state index is -4.38. The molecule has 0 atom stereocenters. The molecule has 0 aliphatic carbocycles. The smallest absolute Gasteiger partial charge is 0.416 e. The van der Waals surface area contributed by atoms with Crippen molar-refractivity contribution in [1.82, 2.24) is 9.88 Å². The molecule has 31 heavy (non-hydrogen) atoms. The molecule has 0 unspecified atom stereocenters. The second kappa shape index (κ2) is 8.81. The molecule has 1 aromatic carbocycles. The molecule has 0 aliphatic rings. The van der Waals surface area contributed by atoms with Gasteiger partial charge in [0.1, 0.15) is 16.5 Å². The Hall–Kier alpha value is -3.33. The van der Waals surface area contributed by atoms with Crippen LogP contribution in [0.2, 0.25) is 0 Å². The Morgan fingerprint density at radius 3 is 2.10 bits per heavy atom. The summed E-state index contributed by atoms with van der Waals surface area (Å²) in [4.78, 5) is 19.0. The molecule has 0 saturated heterocycles. The quantitative estimate of drug-likeness (QED) is 0.361. The fourth-order valence-corrected chi connectivity index (χ4v) is 3.83. The Morgan fingerprint density at radius 2 is 1.58 bits per heavy atom. The largest absolute Gasteiger partial charge is 0.467 e. The topological polar surface area (TPSA) is 59.5 Å². The van der Waals surface area contributed by atoms with Crippen LogP contribution in [0.5, 0.6) is 0 Å². The number of carbonyl (C=O) groups excluding carboxylic acids is 1. The van der Waals surface area contributed by atoms with Crippen molar-refractivity contribution in [3.05, 3.63) is 89.2 Å². The average Bonchev–Trinajstić information content (AvgIpc) is 3.50. The van der Waals surface area contributed by atoms with Crippen molar-refractivity contribution in [3.63, 3.8) is 0 Å². The lowest BCUT2D eigenvalue weighted by Gasteiger charge is -2.20. The Kier molecular flexibility index (Phi) is 5.94. The van der Waals surface area contributed by atoms with Gasteiger partial charge in [-0.1, -0.05) is 12.1 Å². The first-order valence-corrected chi connectivity index (χ1v) is 10.2. The number of rotatable bonds is 7. The van der Waals surface area contributed by atoms with E-state index in [1.54, 1.807) is 47.1 Å². The number of benzene rings is 1. The normalized spacial score (nSPS) is 11.6. The van der Waals surface area contributed by atoms with Gasteiger partial charge in [0, 0.05) is 10.9 Å². The molecule has 0 fully saturated rings. The number of hydrogen-bond donors (Lipinski definition) is 0. The lowest BCUT2D eigenvalue weighted by Crippen LogP contribution is -2.31. The molecule has 0 saturated carbocycles. The van der Waals surface area contributed by atoms with Gasteiger partial charge in [0.15, 0.2) is 0 Å². The van der Waals surface area contributed by atoms with Gasteiger partial charge in [-0.25, -0.2) is 4.98 Å². The van der Waals surface area contributed by atoms with Crippen molar-refractivity contribution in [3.8, 4) is 10.6 Å². The predicted molar refractivity (Wildman–Crippen MR) is 108 cm³/mol. The number of amides is 1. The molecule has 4 rings (SSSR count). The Bertz CT molecular complexity index is 1080. The number of furan rings is 2. The van der Waals surface area contributed by atoms with Crippen molar-refractivity contribution in [2.75, 3.05) is 0 Å². The number of aromatic nitrogens is 1. The highest BCUT2D eigenvalue weighted by Crippen LogP contribution is 2.32. The van der Waals surface area contributed by atoms with E-state index in [4.69, 9.17) is 8.83 Å². The van der Waals surface area contributed by atoms with E-state index in [0.717, 1.165) is 12.1 Å². The van der Waals surface area contributed by atoms with Crippen molar-refractivity contribution in [1.29, 1.82) is 0 Å². The first kappa shape index (κ1) is 20.9. The van der Waals surface area contributed by atoms with Gasteiger partial charge in [-0.05, 0) is 36.4 Å². The van der Waals surface area contributed by atoms with Crippen LogP contribution in [0.15, 0.2) is 75.3 Å². The maximum absolute atomic E-state index is 12.9. The van der Waals surface area contributed by atoms with Crippen LogP contribution < -0.4 is 0 Å². The maximum Gasteiger partial charge on any atom is 0.416 e. The van der Waals surface area contributed by atoms with Gasteiger partial charge < -0.3 is 13.7 Å². The first-order valence-electron chi connectivity index (χ1n) is 9.33. The number of carbonyl (C=O) groups is 1. The molecule has 3 aromatic heterocycles. The van der Waals surface area contributed by atoms with Crippen LogP contribution in [0.1, 0.15) is 22.8 Å². The highest BCUT2D eigenvalue weighted by atomic mass is 32.1. The van der Waals surface area contributed by atoms with Gasteiger partial charge in [0.2, 0.25) is 5.91 Å². The summed E-state index contributed by atoms with van der Waals surface area (Å²) < 4.78 is 49.0. The molecule has 0 N–H and O–H groups in total. The third-order valence-corrected chi connectivity index (χ3v) is 5.49. The van der Waals surface area contributed by atoms with Gasteiger partial charge in [-0.3, -0.25) is 4.79 Å². The predicted octanol–water partition coefficient (Wildman–Crippen LogP) is 5.79. The molecule has 5 nitrogen and oxygen atoms in total. The second-order valence-electron chi connectivity index (χ2n) is 6.80. The highest BCUT2D eigenvalue weighted by molar-refractivity contribution is 7.13. The standard InChI is InChI=1S/C22H17F3N2O3S/c23-22(24,25)16-7-5-15(6-8-16)21-26-17(14-31-21)11-20(28)27(12-18-3-1-9-29-18)13-19-4-2-10-30-19/h1-10,14H,11-13H2. The number of halogens is 3. The lowest BCUT2D eigenvalue weighted by molar-refractivity contribution is -0.137. The maximum atomic E-state index is 12.9. The van der Waals surface area contributed by atoms with E-state index in [1.807, 2.05) is 0 Å². The fraction of sp³-hybridized carbons (Fsp3) is 0.182. The number of alkyl halides is 3. The van der Waals surface area contributed by atoms with Gasteiger partial charge >= 0.3 is 6.18 Å². The monoisotopic (exact) mass is 446 g/mol. The van der Waals surface area contributed by atoms with Crippen LogP contribution in [0.4, 0.5) is 13.2 Å².